The molecule has 11 nitrogen and oxygen atoms in total. The average molecular weight is 534 g/mol. The molecule has 1 amide bonds. The normalized spacial score (nSPS) is 19.3. The molecule has 12 heteroatoms. The van der Waals surface area contributed by atoms with E-state index in [4.69, 9.17) is 14.6 Å². The van der Waals surface area contributed by atoms with Crippen LogP contribution in [0.25, 0.3) is 11.4 Å². The molecule has 202 valence electrons. The molecule has 0 bridgehead atoms. The molecule has 3 aromatic rings. The van der Waals surface area contributed by atoms with Gasteiger partial charge in [0.1, 0.15) is 30.9 Å². The van der Waals surface area contributed by atoms with Gasteiger partial charge >= 0.3 is 0 Å². The Balaban J connectivity index is 1.26. The smallest absolute Gasteiger partial charge is 0.248 e. The molecule has 0 spiro atoms. The third-order valence-electron chi connectivity index (χ3n) is 6.68. The molecule has 2 saturated heterocycles. The first-order valence-electron chi connectivity index (χ1n) is 12.7. The topological polar surface area (TPSA) is 137 Å². The van der Waals surface area contributed by atoms with Gasteiger partial charge in [-0.25, -0.2) is 14.4 Å². The summed E-state index contributed by atoms with van der Waals surface area (Å²) in [7, 11) is 0. The molecule has 0 aliphatic carbocycles. The molecule has 39 heavy (non-hydrogen) atoms. The number of likely N-dealkylation sites (tertiary alicyclic amines) is 1. The van der Waals surface area contributed by atoms with E-state index >= 15 is 0 Å². The molecule has 5 rings (SSSR count). The summed E-state index contributed by atoms with van der Waals surface area (Å²) in [4.78, 5) is 28.1. The van der Waals surface area contributed by atoms with Crippen LogP contribution in [0.5, 0.6) is 5.75 Å². The molecule has 2 unspecified atom stereocenters. The Kier molecular flexibility index (Phi) is 8.10. The maximum absolute atomic E-state index is 14.7. The zero-order chi connectivity index (χ0) is 27.2. The molecule has 1 aromatic heterocycles. The van der Waals surface area contributed by atoms with Gasteiger partial charge in [0.15, 0.2) is 12.0 Å². The van der Waals surface area contributed by atoms with E-state index in [1.807, 2.05) is 24.3 Å². The highest BCUT2D eigenvalue weighted by molar-refractivity contribution is 5.77. The highest BCUT2D eigenvalue weighted by atomic mass is 19.1. The second kappa shape index (κ2) is 12.0. The lowest BCUT2D eigenvalue weighted by molar-refractivity contribution is -0.138. The first kappa shape index (κ1) is 26.3. The Hall–Kier alpha value is -4.34. The monoisotopic (exact) mass is 533 g/mol. The van der Waals surface area contributed by atoms with Crippen molar-refractivity contribution >= 4 is 23.2 Å². The number of hydrogen-bond donors (Lipinski definition) is 2. The first-order chi connectivity index (χ1) is 19.0. The lowest BCUT2D eigenvalue weighted by Crippen LogP contribution is -2.50. The molecule has 2 aromatic carbocycles. The highest BCUT2D eigenvalue weighted by Crippen LogP contribution is 2.29. The number of ether oxygens (including phenoxy) is 2. The number of carbonyl (C=O) groups is 1. The van der Waals surface area contributed by atoms with Gasteiger partial charge in [-0.2, -0.15) is 10.2 Å². The number of aliphatic hydroxyl groups excluding tert-OH is 1. The number of nitriles is 1. The van der Waals surface area contributed by atoms with Crippen LogP contribution < -0.4 is 15.0 Å². The van der Waals surface area contributed by atoms with E-state index in [-0.39, 0.29) is 30.8 Å². The summed E-state index contributed by atoms with van der Waals surface area (Å²) in [5.74, 6) is 0.431. The van der Waals surface area contributed by atoms with Crippen molar-refractivity contribution in [1.29, 1.82) is 5.26 Å². The molecule has 2 N–H and O–H groups in total. The van der Waals surface area contributed by atoms with Crippen molar-refractivity contribution < 1.29 is 23.8 Å². The second-order valence-electron chi connectivity index (χ2n) is 9.19. The zero-order valence-corrected chi connectivity index (χ0v) is 21.2. The van der Waals surface area contributed by atoms with E-state index in [1.54, 1.807) is 18.2 Å². The van der Waals surface area contributed by atoms with Crippen LogP contribution in [-0.4, -0.2) is 89.1 Å². The van der Waals surface area contributed by atoms with Crippen molar-refractivity contribution in [3.8, 4) is 23.2 Å². The minimum Gasteiger partial charge on any atom is -0.486 e. The van der Waals surface area contributed by atoms with E-state index in [2.05, 4.69) is 31.2 Å². The van der Waals surface area contributed by atoms with Gasteiger partial charge < -0.3 is 29.7 Å². The first-order valence-corrected chi connectivity index (χ1v) is 12.7. The molecule has 2 aliphatic rings. The van der Waals surface area contributed by atoms with Crippen molar-refractivity contribution in [2.24, 2.45) is 0 Å². The number of piperidine rings is 1. The number of alkyl halides is 1. The average Bonchev–Trinajstić information content (AvgIpc) is 2.99. The van der Waals surface area contributed by atoms with Gasteiger partial charge in [-0.15, -0.1) is 0 Å². The summed E-state index contributed by atoms with van der Waals surface area (Å²) in [6.07, 6.45) is -0.623. The predicted octanol–water partition coefficient (Wildman–Crippen LogP) is 2.30. The Bertz CT molecular complexity index is 1340. The standard InChI is InChI=1S/C27H28FN7O4/c28-22-15-35(25(37)16-36)8-7-24(22)39-23-6-1-18(13-19(23)14-29)26-30-17-31-27(33-26)32-20-2-4-21(5-3-20)34-9-11-38-12-10-34/h1-6,13,17,22,24,36H,7-12,15-16H2,(H,30,31,32,33). The summed E-state index contributed by atoms with van der Waals surface area (Å²) in [6.45, 7) is 2.60. The number of carbonyl (C=O) groups excluding carboxylic acids is 1. The number of halogens is 1. The minimum atomic E-state index is -1.44. The molecule has 3 heterocycles. The zero-order valence-electron chi connectivity index (χ0n) is 21.2. The number of amides is 1. The van der Waals surface area contributed by atoms with Crippen LogP contribution in [0.3, 0.4) is 0 Å². The summed E-state index contributed by atoms with van der Waals surface area (Å²) in [6, 6.07) is 14.9. The molecular formula is C27H28FN7O4. The fraction of sp³-hybridized carbons (Fsp3) is 0.370. The predicted molar refractivity (Wildman–Crippen MR) is 140 cm³/mol. The maximum atomic E-state index is 14.7. The number of benzene rings is 2. The Morgan fingerprint density at radius 3 is 2.69 bits per heavy atom. The van der Waals surface area contributed by atoms with Crippen molar-refractivity contribution in [3.05, 3.63) is 54.4 Å². The second-order valence-corrected chi connectivity index (χ2v) is 9.19. The highest BCUT2D eigenvalue weighted by Gasteiger charge is 2.33. The molecule has 0 radical (unpaired) electrons. The molecule has 2 fully saturated rings. The van der Waals surface area contributed by atoms with Gasteiger partial charge in [0.05, 0.1) is 25.3 Å². The van der Waals surface area contributed by atoms with Crippen molar-refractivity contribution in [3.63, 3.8) is 0 Å². The van der Waals surface area contributed by atoms with E-state index in [9.17, 15) is 14.4 Å². The number of morpholine rings is 1. The number of rotatable bonds is 7. The van der Waals surface area contributed by atoms with Gasteiger partial charge in [0, 0.05) is 43.0 Å². The number of nitrogens with zero attached hydrogens (tertiary/aromatic N) is 6. The van der Waals surface area contributed by atoms with E-state index in [1.165, 1.54) is 11.2 Å². The lowest BCUT2D eigenvalue weighted by atomic mass is 10.0. The minimum absolute atomic E-state index is 0.166. The van der Waals surface area contributed by atoms with Gasteiger partial charge in [-0.3, -0.25) is 4.79 Å². The SMILES string of the molecule is N#Cc1cc(-c2ncnc(Nc3ccc(N4CCOCC4)cc3)n2)ccc1OC1CCN(C(=O)CO)CC1F. The van der Waals surface area contributed by atoms with Crippen molar-refractivity contribution in [2.45, 2.75) is 18.7 Å². The van der Waals surface area contributed by atoms with Gasteiger partial charge in [0.25, 0.3) is 0 Å². The molecular weight excluding hydrogens is 505 g/mol. The lowest BCUT2D eigenvalue weighted by Gasteiger charge is -2.34. The van der Waals surface area contributed by atoms with Crippen LogP contribution in [0.15, 0.2) is 48.8 Å². The quantitative estimate of drug-likeness (QED) is 0.465. The van der Waals surface area contributed by atoms with E-state index in [0.29, 0.717) is 17.3 Å². The van der Waals surface area contributed by atoms with Crippen LogP contribution in [0, 0.1) is 11.3 Å². The molecule has 0 saturated carbocycles. The van der Waals surface area contributed by atoms with Gasteiger partial charge in [-0.05, 0) is 42.5 Å². The van der Waals surface area contributed by atoms with Crippen LogP contribution >= 0.6 is 0 Å². The Morgan fingerprint density at radius 2 is 1.97 bits per heavy atom. The van der Waals surface area contributed by atoms with E-state index < -0.39 is 24.8 Å². The number of aliphatic hydroxyl groups is 1. The number of hydrogen-bond acceptors (Lipinski definition) is 10. The van der Waals surface area contributed by atoms with Crippen LogP contribution in [-0.2, 0) is 9.53 Å². The maximum Gasteiger partial charge on any atom is 0.248 e. The third kappa shape index (κ3) is 6.22. The van der Waals surface area contributed by atoms with Crippen molar-refractivity contribution in [1.82, 2.24) is 19.9 Å². The Labute approximate surface area is 224 Å². The third-order valence-corrected chi connectivity index (χ3v) is 6.68. The summed E-state index contributed by atoms with van der Waals surface area (Å²) < 4.78 is 25.9. The van der Waals surface area contributed by atoms with Gasteiger partial charge in [-0.1, -0.05) is 0 Å². The van der Waals surface area contributed by atoms with Crippen LogP contribution in [0.2, 0.25) is 0 Å². The fourth-order valence-electron chi connectivity index (χ4n) is 4.57. The number of nitrogens with one attached hydrogen (secondary N) is 1. The molecule has 2 aliphatic heterocycles. The number of anilines is 3. The number of aromatic nitrogens is 3. The summed E-state index contributed by atoms with van der Waals surface area (Å²) in [5, 5.41) is 21.9. The Morgan fingerprint density at radius 1 is 1.18 bits per heavy atom. The van der Waals surface area contributed by atoms with Crippen molar-refractivity contribution in [2.75, 3.05) is 56.2 Å². The largest absolute Gasteiger partial charge is 0.486 e. The van der Waals surface area contributed by atoms with Crippen LogP contribution in [0.4, 0.5) is 21.7 Å². The van der Waals surface area contributed by atoms with E-state index in [0.717, 1.165) is 37.7 Å². The summed E-state index contributed by atoms with van der Waals surface area (Å²) >= 11 is 0. The van der Waals surface area contributed by atoms with Crippen LogP contribution in [0.1, 0.15) is 12.0 Å². The van der Waals surface area contributed by atoms with Gasteiger partial charge in [0.2, 0.25) is 11.9 Å². The molecule has 2 atom stereocenters. The fourth-order valence-corrected chi connectivity index (χ4v) is 4.57. The summed E-state index contributed by atoms with van der Waals surface area (Å²) in [5.41, 5.74) is 2.72.